The number of rotatable bonds is 4. The summed E-state index contributed by atoms with van der Waals surface area (Å²) < 4.78 is 0. The monoisotopic (exact) mass is 378 g/mol. The van der Waals surface area contributed by atoms with E-state index in [2.05, 4.69) is 11.9 Å². The van der Waals surface area contributed by atoms with Gasteiger partial charge in [-0.1, -0.05) is 6.92 Å². The molecule has 0 aliphatic carbocycles. The highest BCUT2D eigenvalue weighted by molar-refractivity contribution is 6.22. The van der Waals surface area contributed by atoms with Crippen molar-refractivity contribution in [2.24, 2.45) is 11.1 Å². The summed E-state index contributed by atoms with van der Waals surface area (Å²) >= 11 is 0. The Kier molecular flexibility index (Phi) is 4.47. The Hall–Kier alpha value is -3.06. The van der Waals surface area contributed by atoms with E-state index in [1.165, 1.54) is 4.90 Å². The van der Waals surface area contributed by atoms with E-state index >= 15 is 0 Å². The second-order valence-corrected chi connectivity index (χ2v) is 7.80. The Balaban J connectivity index is 1.56. The zero-order valence-electron chi connectivity index (χ0n) is 15.7. The second kappa shape index (κ2) is 6.83. The molecular weight excluding hydrogens is 356 g/mol. The number of amides is 3. The molecule has 0 bridgehead atoms. The average Bonchev–Trinajstić information content (AvgIpc) is 3.23. The fourth-order valence-electron chi connectivity index (χ4n) is 3.78. The van der Waals surface area contributed by atoms with Gasteiger partial charge < -0.3 is 10.6 Å². The number of carbonyl (C=O) groups excluding carboxylic acids is 3. The predicted octanol–water partition coefficient (Wildman–Crippen LogP) is 1.69. The van der Waals surface area contributed by atoms with Crippen LogP contribution in [-0.2, 0) is 6.54 Å². The van der Waals surface area contributed by atoms with Crippen molar-refractivity contribution in [3.05, 3.63) is 65.0 Å². The number of benzene rings is 1. The van der Waals surface area contributed by atoms with Crippen molar-refractivity contribution in [1.82, 2.24) is 14.8 Å². The lowest BCUT2D eigenvalue weighted by Crippen LogP contribution is -2.34. The maximum absolute atomic E-state index is 12.9. The number of hydrogen-bond acceptors (Lipinski definition) is 5. The molecule has 0 spiro atoms. The van der Waals surface area contributed by atoms with Crippen molar-refractivity contribution >= 4 is 17.7 Å². The van der Waals surface area contributed by atoms with E-state index in [0.717, 1.165) is 12.0 Å². The lowest BCUT2D eigenvalue weighted by Gasteiger charge is -2.22. The van der Waals surface area contributed by atoms with E-state index < -0.39 is 0 Å². The number of nitrogens with two attached hydrogens (primary N) is 1. The minimum Gasteiger partial charge on any atom is -0.338 e. The second-order valence-electron chi connectivity index (χ2n) is 7.80. The van der Waals surface area contributed by atoms with Gasteiger partial charge in [0.05, 0.1) is 17.7 Å². The number of aromatic nitrogens is 1. The quantitative estimate of drug-likeness (QED) is 0.817. The van der Waals surface area contributed by atoms with Crippen LogP contribution >= 0.6 is 0 Å². The van der Waals surface area contributed by atoms with E-state index in [9.17, 15) is 14.4 Å². The summed E-state index contributed by atoms with van der Waals surface area (Å²) in [5.74, 6) is -0.847. The van der Waals surface area contributed by atoms with Crippen LogP contribution in [0.2, 0.25) is 0 Å². The van der Waals surface area contributed by atoms with E-state index in [-0.39, 0.29) is 35.2 Å². The molecule has 28 heavy (non-hydrogen) atoms. The van der Waals surface area contributed by atoms with Gasteiger partial charge in [-0.3, -0.25) is 24.3 Å². The number of nitrogens with zero attached hydrogens (tertiary/aromatic N) is 3. The summed E-state index contributed by atoms with van der Waals surface area (Å²) in [6, 6.07) is 8.27. The first-order chi connectivity index (χ1) is 13.4. The standard InChI is InChI=1S/C21H22N4O3/c1-21(12-22)6-9-24(13-21)18(26)15-2-3-16-17(10-15)20(28)25(19(16)27)11-14-4-7-23-8-5-14/h2-5,7-8,10H,6,9,11-13,22H2,1H3. The normalized spacial score (nSPS) is 21.4. The maximum Gasteiger partial charge on any atom is 0.261 e. The molecule has 1 saturated heterocycles. The molecule has 3 heterocycles. The van der Waals surface area contributed by atoms with Gasteiger partial charge in [-0.25, -0.2) is 0 Å². The highest BCUT2D eigenvalue weighted by Gasteiger charge is 2.38. The Labute approximate surface area is 163 Å². The summed E-state index contributed by atoms with van der Waals surface area (Å²) in [5, 5.41) is 0. The molecule has 2 aliphatic heterocycles. The molecule has 7 heteroatoms. The third kappa shape index (κ3) is 3.07. The highest BCUT2D eigenvalue weighted by Crippen LogP contribution is 2.31. The first-order valence-corrected chi connectivity index (χ1v) is 9.30. The van der Waals surface area contributed by atoms with Gasteiger partial charge >= 0.3 is 0 Å². The molecule has 1 atom stereocenters. The molecule has 1 fully saturated rings. The van der Waals surface area contributed by atoms with Crippen molar-refractivity contribution in [3.8, 4) is 0 Å². The predicted molar refractivity (Wildman–Crippen MR) is 103 cm³/mol. The minimum atomic E-state index is -0.375. The molecule has 1 aromatic carbocycles. The topological polar surface area (TPSA) is 96.6 Å². The van der Waals surface area contributed by atoms with Crippen molar-refractivity contribution in [2.75, 3.05) is 19.6 Å². The number of hydrogen-bond donors (Lipinski definition) is 1. The molecule has 3 amide bonds. The maximum atomic E-state index is 12.9. The minimum absolute atomic E-state index is 0.0699. The zero-order valence-corrected chi connectivity index (χ0v) is 15.7. The lowest BCUT2D eigenvalue weighted by atomic mass is 9.90. The fourth-order valence-corrected chi connectivity index (χ4v) is 3.78. The smallest absolute Gasteiger partial charge is 0.261 e. The van der Waals surface area contributed by atoms with Crippen LogP contribution in [0.4, 0.5) is 0 Å². The number of imide groups is 1. The van der Waals surface area contributed by atoms with Crippen molar-refractivity contribution in [2.45, 2.75) is 19.9 Å². The third-order valence-electron chi connectivity index (χ3n) is 5.65. The summed E-state index contributed by atoms with van der Waals surface area (Å²) in [4.78, 5) is 45.3. The molecular formula is C21H22N4O3. The molecule has 0 saturated carbocycles. The molecule has 144 valence electrons. The van der Waals surface area contributed by atoms with E-state index in [1.807, 2.05) is 0 Å². The first-order valence-electron chi connectivity index (χ1n) is 9.30. The Morgan fingerprint density at radius 1 is 1.14 bits per heavy atom. The van der Waals surface area contributed by atoms with Gasteiger partial charge in [0, 0.05) is 31.0 Å². The fraction of sp³-hybridized carbons (Fsp3) is 0.333. The average molecular weight is 378 g/mol. The van der Waals surface area contributed by atoms with Crippen LogP contribution in [-0.4, -0.2) is 52.1 Å². The van der Waals surface area contributed by atoms with Crippen LogP contribution in [0, 0.1) is 5.41 Å². The van der Waals surface area contributed by atoms with Crippen molar-refractivity contribution in [1.29, 1.82) is 0 Å². The Morgan fingerprint density at radius 2 is 1.86 bits per heavy atom. The molecule has 7 nitrogen and oxygen atoms in total. The highest BCUT2D eigenvalue weighted by atomic mass is 16.2. The first kappa shape index (κ1) is 18.3. The zero-order chi connectivity index (χ0) is 19.9. The molecule has 1 unspecified atom stereocenters. The number of fused-ring (bicyclic) bond motifs is 1. The number of likely N-dealkylation sites (tertiary alicyclic amines) is 1. The molecule has 0 radical (unpaired) electrons. The van der Waals surface area contributed by atoms with Crippen molar-refractivity contribution < 1.29 is 14.4 Å². The summed E-state index contributed by atoms with van der Waals surface area (Å²) in [6.45, 7) is 4.02. The molecule has 1 aromatic heterocycles. The van der Waals surface area contributed by atoms with Gasteiger partial charge in [-0.05, 0) is 54.3 Å². The largest absolute Gasteiger partial charge is 0.338 e. The summed E-state index contributed by atoms with van der Waals surface area (Å²) in [6.07, 6.45) is 4.10. The SMILES string of the molecule is CC1(CN)CCN(C(=O)c2ccc3c(c2)C(=O)N(Cc2ccncc2)C3=O)C1. The Bertz CT molecular complexity index is 959. The van der Waals surface area contributed by atoms with E-state index in [0.29, 0.717) is 30.8 Å². The van der Waals surface area contributed by atoms with E-state index in [1.54, 1.807) is 47.6 Å². The van der Waals surface area contributed by atoms with Crippen LogP contribution in [0.1, 0.15) is 50.0 Å². The molecule has 4 rings (SSSR count). The summed E-state index contributed by atoms with van der Waals surface area (Å²) in [5.41, 5.74) is 7.62. The molecule has 2 aliphatic rings. The van der Waals surface area contributed by atoms with Crippen LogP contribution < -0.4 is 5.73 Å². The van der Waals surface area contributed by atoms with Crippen LogP contribution in [0.25, 0.3) is 0 Å². The lowest BCUT2D eigenvalue weighted by molar-refractivity contribution is 0.0642. The van der Waals surface area contributed by atoms with Gasteiger partial charge in [0.2, 0.25) is 0 Å². The number of pyridine rings is 1. The molecule has 2 N–H and O–H groups in total. The summed E-state index contributed by atoms with van der Waals surface area (Å²) in [7, 11) is 0. The van der Waals surface area contributed by atoms with Gasteiger partial charge in [0.25, 0.3) is 17.7 Å². The van der Waals surface area contributed by atoms with Gasteiger partial charge in [-0.2, -0.15) is 0 Å². The third-order valence-corrected chi connectivity index (χ3v) is 5.65. The van der Waals surface area contributed by atoms with Crippen LogP contribution in [0.5, 0.6) is 0 Å². The van der Waals surface area contributed by atoms with Crippen LogP contribution in [0.3, 0.4) is 0 Å². The van der Waals surface area contributed by atoms with Gasteiger partial charge in [0.15, 0.2) is 0 Å². The Morgan fingerprint density at radius 3 is 2.54 bits per heavy atom. The van der Waals surface area contributed by atoms with Gasteiger partial charge in [-0.15, -0.1) is 0 Å². The van der Waals surface area contributed by atoms with E-state index in [4.69, 9.17) is 5.73 Å². The van der Waals surface area contributed by atoms with Gasteiger partial charge in [0.1, 0.15) is 0 Å². The number of carbonyl (C=O) groups is 3. The molecule has 2 aromatic rings. The van der Waals surface area contributed by atoms with Crippen LogP contribution in [0.15, 0.2) is 42.7 Å². The van der Waals surface area contributed by atoms with Crippen molar-refractivity contribution in [3.63, 3.8) is 0 Å².